The number of pyridine rings is 1. The number of nitrogens with zero attached hydrogens (tertiary/aromatic N) is 4. The van der Waals surface area contributed by atoms with E-state index in [2.05, 4.69) is 15.4 Å². The largest absolute Gasteiger partial charge is 0.479 e. The number of methoxy groups -OCH3 is 1. The van der Waals surface area contributed by atoms with Gasteiger partial charge in [0.2, 0.25) is 0 Å². The van der Waals surface area contributed by atoms with Crippen LogP contribution in [0.1, 0.15) is 23.9 Å². The Morgan fingerprint density at radius 3 is 2.47 bits per heavy atom. The highest BCUT2D eigenvalue weighted by Crippen LogP contribution is 2.31. The molecule has 15 heteroatoms. The molecule has 4 rings (SSSR count). The third-order valence-electron chi connectivity index (χ3n) is 7.29. The molecule has 0 bridgehead atoms. The summed E-state index contributed by atoms with van der Waals surface area (Å²) in [4.78, 5) is 42.6. The predicted octanol–water partition coefficient (Wildman–Crippen LogP) is 1.35. The monoisotopic (exact) mass is 615 g/mol. The lowest BCUT2D eigenvalue weighted by Crippen LogP contribution is -2.56. The highest BCUT2D eigenvalue weighted by atomic mass is 35.5. The molecule has 0 unspecified atom stereocenters. The number of halogens is 1. The van der Waals surface area contributed by atoms with Crippen molar-refractivity contribution < 1.29 is 44.3 Å². The normalized spacial score (nSPS) is 16.7. The molecule has 2 aromatic heterocycles. The number of carbonyl (C=O) groups excluding carboxylic acids is 1. The van der Waals surface area contributed by atoms with Crippen LogP contribution in [0.15, 0.2) is 36.4 Å². The van der Waals surface area contributed by atoms with Gasteiger partial charge in [0.05, 0.1) is 12.3 Å². The van der Waals surface area contributed by atoms with Crippen molar-refractivity contribution in [3.8, 4) is 12.3 Å². The number of aryl methyl sites for hydroxylation is 1. The molecule has 1 aliphatic heterocycles. The van der Waals surface area contributed by atoms with Gasteiger partial charge < -0.3 is 35.2 Å². The van der Waals surface area contributed by atoms with Crippen molar-refractivity contribution in [2.24, 2.45) is 0 Å². The molecule has 0 radical (unpaired) electrons. The standard InChI is InChI=1S/C28H30ClN5O9/c1-4-27(41,23(35)34-22-19(16(2)32-34)10-11-21(29)31-22)20(42-3)15-43-28(24(36)37,25(38)39)14-17-6-8-18(9-7-17)33-13-5-12-30-26(33)40/h1,6-11,20,23,35,41H,5,12-15H2,2-3H3,(H,30,40)(H,36,37)(H,38,39)/t20-,23-,27-/m1/s1. The van der Waals surface area contributed by atoms with E-state index in [1.54, 1.807) is 25.1 Å². The summed E-state index contributed by atoms with van der Waals surface area (Å²) in [6.45, 7) is 1.81. The van der Waals surface area contributed by atoms with E-state index in [-0.39, 0.29) is 22.4 Å². The number of carboxylic acid groups (broad SMARTS) is 2. The number of aliphatic carboxylic acids is 2. The summed E-state index contributed by atoms with van der Waals surface area (Å²) in [7, 11) is 1.11. The zero-order valence-corrected chi connectivity index (χ0v) is 24.0. The van der Waals surface area contributed by atoms with Crippen LogP contribution in [0.2, 0.25) is 5.15 Å². The number of carboxylic acids is 2. The zero-order valence-electron chi connectivity index (χ0n) is 23.2. The number of urea groups is 1. The lowest BCUT2D eigenvalue weighted by molar-refractivity contribution is -0.203. The Labute approximate surface area is 250 Å². The quantitative estimate of drug-likeness (QED) is 0.112. The Morgan fingerprint density at radius 2 is 1.88 bits per heavy atom. The van der Waals surface area contributed by atoms with E-state index >= 15 is 0 Å². The second kappa shape index (κ2) is 12.5. The number of aliphatic hydroxyl groups excluding tert-OH is 1. The minimum Gasteiger partial charge on any atom is -0.479 e. The first kappa shape index (κ1) is 31.7. The number of hydrogen-bond donors (Lipinski definition) is 5. The van der Waals surface area contributed by atoms with E-state index in [0.717, 1.165) is 18.2 Å². The van der Waals surface area contributed by atoms with Crippen LogP contribution in [0.25, 0.3) is 11.0 Å². The zero-order chi connectivity index (χ0) is 31.5. The van der Waals surface area contributed by atoms with Gasteiger partial charge in [-0.05, 0) is 43.2 Å². The Morgan fingerprint density at radius 1 is 1.21 bits per heavy atom. The number of nitrogens with one attached hydrogen (secondary N) is 1. The van der Waals surface area contributed by atoms with Crippen molar-refractivity contribution in [3.05, 3.63) is 52.8 Å². The molecule has 3 atom stereocenters. The van der Waals surface area contributed by atoms with Gasteiger partial charge in [-0.15, -0.1) is 6.42 Å². The molecule has 1 saturated heterocycles. The summed E-state index contributed by atoms with van der Waals surface area (Å²) in [5.74, 6) is -1.61. The number of anilines is 1. The number of aromatic nitrogens is 3. The highest BCUT2D eigenvalue weighted by Gasteiger charge is 2.52. The second-order valence-electron chi connectivity index (χ2n) is 9.93. The first-order chi connectivity index (χ1) is 20.4. The van der Waals surface area contributed by atoms with Crippen LogP contribution in [0.4, 0.5) is 10.5 Å². The van der Waals surface area contributed by atoms with Crippen LogP contribution in [0, 0.1) is 19.3 Å². The van der Waals surface area contributed by atoms with Crippen LogP contribution >= 0.6 is 11.6 Å². The van der Waals surface area contributed by atoms with Gasteiger partial charge in [0, 0.05) is 37.7 Å². The number of hydrogen-bond acceptors (Lipinski definition) is 9. The van der Waals surface area contributed by atoms with Gasteiger partial charge in [0.25, 0.3) is 5.60 Å². The van der Waals surface area contributed by atoms with Gasteiger partial charge in [-0.3, -0.25) is 4.90 Å². The Hall–Kier alpha value is -4.26. The van der Waals surface area contributed by atoms with Crippen LogP contribution < -0.4 is 10.2 Å². The molecule has 0 saturated carbocycles. The van der Waals surface area contributed by atoms with Crippen LogP contribution in [-0.2, 0) is 25.5 Å². The molecule has 0 spiro atoms. The number of amides is 2. The average Bonchev–Trinajstić information content (AvgIpc) is 3.31. The van der Waals surface area contributed by atoms with Gasteiger partial charge in [-0.2, -0.15) is 5.10 Å². The van der Waals surface area contributed by atoms with Crippen molar-refractivity contribution in [2.75, 3.05) is 31.7 Å². The fourth-order valence-electron chi connectivity index (χ4n) is 4.80. The predicted molar refractivity (Wildman–Crippen MR) is 153 cm³/mol. The van der Waals surface area contributed by atoms with Gasteiger partial charge in [0.15, 0.2) is 17.5 Å². The molecule has 1 aliphatic rings. The molecule has 14 nitrogen and oxygen atoms in total. The molecular weight excluding hydrogens is 586 g/mol. The lowest BCUT2D eigenvalue weighted by Gasteiger charge is -2.36. The first-order valence-electron chi connectivity index (χ1n) is 13.1. The molecular formula is C28H30ClN5O9. The number of aliphatic hydroxyl groups is 2. The maximum atomic E-state index is 12.4. The van der Waals surface area contributed by atoms with E-state index in [4.69, 9.17) is 27.5 Å². The highest BCUT2D eigenvalue weighted by molar-refractivity contribution is 6.29. The molecule has 5 N–H and O–H groups in total. The molecule has 1 aromatic carbocycles. The van der Waals surface area contributed by atoms with Gasteiger partial charge in [-0.1, -0.05) is 29.7 Å². The minimum atomic E-state index is -2.84. The van der Waals surface area contributed by atoms with Crippen molar-refractivity contribution in [1.82, 2.24) is 20.1 Å². The summed E-state index contributed by atoms with van der Waals surface area (Å²) < 4.78 is 11.7. The minimum absolute atomic E-state index is 0.0802. The third-order valence-corrected chi connectivity index (χ3v) is 7.50. The second-order valence-corrected chi connectivity index (χ2v) is 10.3. The van der Waals surface area contributed by atoms with Gasteiger partial charge in [-0.25, -0.2) is 24.0 Å². The average molecular weight is 616 g/mol. The van der Waals surface area contributed by atoms with Crippen LogP contribution in [0.3, 0.4) is 0 Å². The molecule has 43 heavy (non-hydrogen) atoms. The summed E-state index contributed by atoms with van der Waals surface area (Å²) in [5.41, 5.74) is -4.10. The summed E-state index contributed by atoms with van der Waals surface area (Å²) >= 11 is 6.01. The number of fused-ring (bicyclic) bond motifs is 1. The number of benzene rings is 1. The summed E-state index contributed by atoms with van der Waals surface area (Å²) in [6, 6.07) is 8.96. The first-order valence-corrected chi connectivity index (χ1v) is 13.4. The number of rotatable bonds is 12. The smallest absolute Gasteiger partial charge is 0.348 e. The third kappa shape index (κ3) is 5.99. The molecule has 228 valence electrons. The molecule has 0 aliphatic carbocycles. The fraction of sp³-hybridized carbons (Fsp3) is 0.393. The van der Waals surface area contributed by atoms with E-state index in [1.165, 1.54) is 23.1 Å². The maximum absolute atomic E-state index is 12.4. The summed E-state index contributed by atoms with van der Waals surface area (Å²) in [5, 5.41) is 50.2. The summed E-state index contributed by atoms with van der Waals surface area (Å²) in [6.07, 6.45) is 2.07. The van der Waals surface area contributed by atoms with Crippen molar-refractivity contribution in [3.63, 3.8) is 0 Å². The Kier molecular flexibility index (Phi) is 9.24. The molecule has 1 fully saturated rings. The Balaban J connectivity index is 1.60. The van der Waals surface area contributed by atoms with E-state index < -0.39 is 48.5 Å². The van der Waals surface area contributed by atoms with Crippen molar-refractivity contribution >= 4 is 46.3 Å². The fourth-order valence-corrected chi connectivity index (χ4v) is 4.95. The number of terminal acetylenes is 1. The SMILES string of the molecule is C#C[C@@](O)([C@@H](COC(Cc1ccc(N2CCCNC2=O)cc1)(C(=O)O)C(=O)O)OC)[C@@H](O)n1nc(C)c2ccc(Cl)nc21. The topological polar surface area (TPSA) is 197 Å². The maximum Gasteiger partial charge on any atom is 0.348 e. The van der Waals surface area contributed by atoms with Crippen LogP contribution in [0.5, 0.6) is 0 Å². The van der Waals surface area contributed by atoms with E-state index in [9.17, 15) is 34.8 Å². The van der Waals surface area contributed by atoms with E-state index in [1.807, 2.05) is 5.92 Å². The Bertz CT molecular complexity index is 1560. The van der Waals surface area contributed by atoms with Crippen molar-refractivity contribution in [1.29, 1.82) is 0 Å². The molecule has 2 amide bonds. The molecule has 3 heterocycles. The lowest BCUT2D eigenvalue weighted by atomic mass is 9.92. The van der Waals surface area contributed by atoms with E-state index in [0.29, 0.717) is 29.9 Å². The molecule has 3 aromatic rings. The number of ether oxygens (including phenoxy) is 2. The number of carbonyl (C=O) groups is 3. The van der Waals surface area contributed by atoms with Gasteiger partial charge >= 0.3 is 18.0 Å². The van der Waals surface area contributed by atoms with Gasteiger partial charge in [0.1, 0.15) is 11.3 Å². The van der Waals surface area contributed by atoms with Crippen molar-refractivity contribution in [2.45, 2.75) is 43.3 Å². The van der Waals surface area contributed by atoms with Crippen LogP contribution in [-0.4, -0.2) is 97.3 Å².